The van der Waals surface area contributed by atoms with Gasteiger partial charge in [0.05, 0.1) is 12.2 Å². The maximum Gasteiger partial charge on any atom is 0.0970 e. The Hall–Kier alpha value is -0.120. The van der Waals surface area contributed by atoms with E-state index in [-0.39, 0.29) is 13.2 Å². The van der Waals surface area contributed by atoms with E-state index in [2.05, 4.69) is 0 Å². The zero-order valence-corrected chi connectivity index (χ0v) is 4.39. The Morgan fingerprint density at radius 3 is 2.14 bits per heavy atom. The Morgan fingerprint density at radius 1 is 1.71 bits per heavy atom. The molecule has 0 aliphatic rings. The smallest absolute Gasteiger partial charge is 0.0970 e. The van der Waals surface area contributed by atoms with E-state index in [4.69, 9.17) is 15.9 Å². The van der Waals surface area contributed by atoms with Gasteiger partial charge in [0.15, 0.2) is 0 Å². The van der Waals surface area contributed by atoms with Crippen molar-refractivity contribution in [2.75, 3.05) is 13.2 Å². The van der Waals surface area contributed by atoms with Crippen LogP contribution in [0.5, 0.6) is 0 Å². The molecule has 0 saturated carbocycles. The lowest BCUT2D eigenvalue weighted by atomic mass is 10.1. The zero-order valence-electron chi connectivity index (χ0n) is 4.39. The van der Waals surface area contributed by atoms with Gasteiger partial charge in [-0.25, -0.2) is 0 Å². The van der Waals surface area contributed by atoms with Crippen molar-refractivity contribution in [2.45, 2.75) is 12.5 Å². The minimum absolute atomic E-state index is 0.101. The van der Waals surface area contributed by atoms with E-state index in [1.165, 1.54) is 6.92 Å². The standard InChI is InChI=1S/C4H11NO2/c1-4(7,2-5)3-6/h6-7H,2-3,5H2,1H3/t4-/m0/s1. The fourth-order valence-electron chi connectivity index (χ4n) is 0.0645. The molecule has 0 rings (SSSR count). The lowest BCUT2D eigenvalue weighted by Crippen LogP contribution is -2.37. The van der Waals surface area contributed by atoms with Crippen molar-refractivity contribution in [1.29, 1.82) is 0 Å². The quantitative estimate of drug-likeness (QED) is 0.408. The molecule has 3 nitrogen and oxygen atoms in total. The van der Waals surface area contributed by atoms with Gasteiger partial charge in [0.2, 0.25) is 0 Å². The highest BCUT2D eigenvalue weighted by Crippen LogP contribution is 1.94. The predicted molar refractivity (Wildman–Crippen MR) is 26.8 cm³/mol. The number of nitrogens with two attached hydrogens (primary N) is 1. The van der Waals surface area contributed by atoms with Gasteiger partial charge in [-0.3, -0.25) is 0 Å². The monoisotopic (exact) mass is 105 g/mol. The molecule has 7 heavy (non-hydrogen) atoms. The van der Waals surface area contributed by atoms with Crippen LogP contribution in [-0.4, -0.2) is 29.0 Å². The summed E-state index contributed by atoms with van der Waals surface area (Å²) in [6.45, 7) is 1.31. The van der Waals surface area contributed by atoms with Crippen LogP contribution < -0.4 is 5.73 Å². The summed E-state index contributed by atoms with van der Waals surface area (Å²) >= 11 is 0. The maximum atomic E-state index is 8.76. The number of aliphatic hydroxyl groups excluding tert-OH is 1. The van der Waals surface area contributed by atoms with Gasteiger partial charge in [0.25, 0.3) is 0 Å². The van der Waals surface area contributed by atoms with Crippen molar-refractivity contribution in [2.24, 2.45) is 5.73 Å². The highest BCUT2D eigenvalue weighted by atomic mass is 16.3. The predicted octanol–water partition coefficient (Wildman–Crippen LogP) is -1.31. The minimum atomic E-state index is -1.08. The molecular formula is C4H11NO2. The summed E-state index contributed by atoms with van der Waals surface area (Å²) in [5.74, 6) is 0. The first-order chi connectivity index (χ1) is 3.12. The first-order valence-corrected chi connectivity index (χ1v) is 2.16. The van der Waals surface area contributed by atoms with Crippen molar-refractivity contribution in [1.82, 2.24) is 0 Å². The fourth-order valence-corrected chi connectivity index (χ4v) is 0.0645. The second kappa shape index (κ2) is 2.26. The van der Waals surface area contributed by atoms with E-state index in [1.54, 1.807) is 0 Å². The van der Waals surface area contributed by atoms with Crippen LogP contribution in [0.4, 0.5) is 0 Å². The first-order valence-electron chi connectivity index (χ1n) is 2.16. The maximum absolute atomic E-state index is 8.76. The summed E-state index contributed by atoms with van der Waals surface area (Å²) in [7, 11) is 0. The van der Waals surface area contributed by atoms with Crippen molar-refractivity contribution in [3.05, 3.63) is 0 Å². The van der Waals surface area contributed by atoms with Gasteiger partial charge in [-0.1, -0.05) is 0 Å². The summed E-state index contributed by atoms with van der Waals surface area (Å²) in [6.07, 6.45) is 0. The van der Waals surface area contributed by atoms with Gasteiger partial charge < -0.3 is 15.9 Å². The SMILES string of the molecule is C[C@](O)(CN)CO. The van der Waals surface area contributed by atoms with Gasteiger partial charge in [0.1, 0.15) is 0 Å². The van der Waals surface area contributed by atoms with Crippen molar-refractivity contribution in [3.8, 4) is 0 Å². The fraction of sp³-hybridized carbons (Fsp3) is 1.00. The minimum Gasteiger partial charge on any atom is -0.393 e. The Bertz CT molecular complexity index is 47.7. The number of rotatable bonds is 2. The van der Waals surface area contributed by atoms with Crippen LogP contribution in [-0.2, 0) is 0 Å². The van der Waals surface area contributed by atoms with E-state index in [9.17, 15) is 0 Å². The molecule has 0 amide bonds. The van der Waals surface area contributed by atoms with Crippen LogP contribution >= 0.6 is 0 Å². The molecule has 0 aliphatic heterocycles. The van der Waals surface area contributed by atoms with Crippen molar-refractivity contribution in [3.63, 3.8) is 0 Å². The van der Waals surface area contributed by atoms with Crippen molar-refractivity contribution >= 4 is 0 Å². The topological polar surface area (TPSA) is 66.5 Å². The van der Waals surface area contributed by atoms with Gasteiger partial charge in [-0.05, 0) is 6.92 Å². The van der Waals surface area contributed by atoms with Crippen LogP contribution in [0.2, 0.25) is 0 Å². The molecular weight excluding hydrogens is 94.0 g/mol. The summed E-state index contributed by atoms with van der Waals surface area (Å²) in [4.78, 5) is 0. The Labute approximate surface area is 42.8 Å². The van der Waals surface area contributed by atoms with Gasteiger partial charge in [0, 0.05) is 6.54 Å². The Morgan fingerprint density at radius 2 is 2.14 bits per heavy atom. The molecule has 1 atom stereocenters. The molecule has 0 radical (unpaired) electrons. The molecule has 0 fully saturated rings. The van der Waals surface area contributed by atoms with Gasteiger partial charge in [-0.15, -0.1) is 0 Å². The first kappa shape index (κ1) is 6.88. The lowest BCUT2D eigenvalue weighted by molar-refractivity contribution is 0.00972. The molecule has 0 aromatic carbocycles. The van der Waals surface area contributed by atoms with E-state index in [0.29, 0.717) is 0 Å². The third-order valence-electron chi connectivity index (χ3n) is 0.780. The zero-order chi connectivity index (χ0) is 5.91. The number of hydrogen-bond acceptors (Lipinski definition) is 3. The molecule has 0 bridgehead atoms. The molecule has 0 unspecified atom stereocenters. The average Bonchev–Trinajstić information content (AvgIpc) is 1.68. The lowest BCUT2D eigenvalue weighted by Gasteiger charge is -2.15. The molecule has 0 aliphatic carbocycles. The molecule has 0 spiro atoms. The Balaban J connectivity index is 3.36. The van der Waals surface area contributed by atoms with E-state index < -0.39 is 5.60 Å². The van der Waals surface area contributed by atoms with E-state index in [0.717, 1.165) is 0 Å². The van der Waals surface area contributed by atoms with Crippen LogP contribution in [0.15, 0.2) is 0 Å². The van der Waals surface area contributed by atoms with Crippen LogP contribution in [0.1, 0.15) is 6.92 Å². The van der Waals surface area contributed by atoms with Crippen molar-refractivity contribution < 1.29 is 10.2 Å². The molecule has 0 heterocycles. The Kier molecular flexibility index (Phi) is 2.22. The second-order valence-electron chi connectivity index (χ2n) is 1.86. The van der Waals surface area contributed by atoms with Gasteiger partial charge >= 0.3 is 0 Å². The van der Waals surface area contributed by atoms with Crippen LogP contribution in [0.3, 0.4) is 0 Å². The molecule has 0 saturated heterocycles. The summed E-state index contributed by atoms with van der Waals surface area (Å²) < 4.78 is 0. The highest BCUT2D eigenvalue weighted by molar-refractivity contribution is 4.70. The second-order valence-corrected chi connectivity index (χ2v) is 1.86. The largest absolute Gasteiger partial charge is 0.393 e. The van der Waals surface area contributed by atoms with E-state index >= 15 is 0 Å². The molecule has 4 N–H and O–H groups in total. The molecule has 0 aromatic heterocycles. The molecule has 0 aromatic rings. The molecule has 44 valence electrons. The number of hydrogen-bond donors (Lipinski definition) is 3. The van der Waals surface area contributed by atoms with Gasteiger partial charge in [-0.2, -0.15) is 0 Å². The highest BCUT2D eigenvalue weighted by Gasteiger charge is 2.14. The summed E-state index contributed by atoms with van der Waals surface area (Å²) in [5, 5.41) is 17.0. The number of aliphatic hydroxyl groups is 2. The summed E-state index contributed by atoms with van der Waals surface area (Å²) in [5.41, 5.74) is 3.92. The molecule has 3 heteroatoms. The van der Waals surface area contributed by atoms with Crippen LogP contribution in [0, 0.1) is 0 Å². The third kappa shape index (κ3) is 2.56. The average molecular weight is 105 g/mol. The third-order valence-corrected chi connectivity index (χ3v) is 0.780. The normalized spacial score (nSPS) is 18.9. The van der Waals surface area contributed by atoms with E-state index in [1.807, 2.05) is 0 Å². The summed E-state index contributed by atoms with van der Waals surface area (Å²) in [6, 6.07) is 0. The van der Waals surface area contributed by atoms with Crippen LogP contribution in [0.25, 0.3) is 0 Å².